The van der Waals surface area contributed by atoms with Gasteiger partial charge in [0.1, 0.15) is 23.9 Å². The Morgan fingerprint density at radius 2 is 1.89 bits per heavy atom. The Morgan fingerprint density at radius 3 is 2.57 bits per heavy atom. The maximum atomic E-state index is 14.1. The second kappa shape index (κ2) is 10.2. The van der Waals surface area contributed by atoms with Gasteiger partial charge in [0.15, 0.2) is 17.2 Å². The van der Waals surface area contributed by atoms with Crippen LogP contribution in [0.1, 0.15) is 50.8 Å². The summed E-state index contributed by atoms with van der Waals surface area (Å²) in [6, 6.07) is 13.2. The number of imidazole rings is 1. The van der Waals surface area contributed by atoms with Crippen molar-refractivity contribution in [2.75, 3.05) is 6.54 Å². The molecule has 0 fully saturated rings. The lowest BCUT2D eigenvalue weighted by atomic mass is 9.91. The molecule has 1 atom stereocenters. The highest BCUT2D eigenvalue weighted by Crippen LogP contribution is 2.28. The van der Waals surface area contributed by atoms with E-state index in [9.17, 15) is 13.6 Å². The number of hydrogen-bond donors (Lipinski definition) is 1. The van der Waals surface area contributed by atoms with Gasteiger partial charge in [-0.2, -0.15) is 0 Å². The van der Waals surface area contributed by atoms with Gasteiger partial charge in [-0.1, -0.05) is 43.0 Å². The number of pyridine rings is 1. The molecule has 0 amide bonds. The molecule has 0 aliphatic carbocycles. The minimum Gasteiger partial charge on any atom is -0.485 e. The van der Waals surface area contributed by atoms with Crippen molar-refractivity contribution < 1.29 is 18.3 Å². The second-order valence-corrected chi connectivity index (χ2v) is 8.54. The van der Waals surface area contributed by atoms with E-state index in [1.807, 2.05) is 31.2 Å². The zero-order valence-electron chi connectivity index (χ0n) is 19.7. The number of hydrogen-bond acceptors (Lipinski definition) is 4. The first-order valence-electron chi connectivity index (χ1n) is 11.3. The van der Waals surface area contributed by atoms with E-state index in [0.717, 1.165) is 16.7 Å². The minimum absolute atomic E-state index is 0.105. The van der Waals surface area contributed by atoms with Crippen molar-refractivity contribution in [1.29, 1.82) is 0 Å². The Labute approximate surface area is 202 Å². The standard InChI is InChI=1S/C28H27F2N3O2/c1-4-19-7-5-8-20(12-19)21(14-31)13-25(34)27-18(3)32-28-26(11-17(2)15-33(27)28)35-16-22-23(29)9-6-10-24(22)30/h4-12,15,21H,1,13-14,16,31H2,2-3H3. The first-order valence-corrected chi connectivity index (χ1v) is 11.3. The van der Waals surface area contributed by atoms with Crippen LogP contribution in [0, 0.1) is 25.5 Å². The van der Waals surface area contributed by atoms with Crippen LogP contribution in [0.25, 0.3) is 11.7 Å². The molecule has 180 valence electrons. The van der Waals surface area contributed by atoms with Crippen molar-refractivity contribution in [3.8, 4) is 5.75 Å². The molecular weight excluding hydrogens is 448 g/mol. The summed E-state index contributed by atoms with van der Waals surface area (Å²) >= 11 is 0. The topological polar surface area (TPSA) is 69.6 Å². The molecular formula is C28H27F2N3O2. The van der Waals surface area contributed by atoms with E-state index in [1.165, 1.54) is 18.2 Å². The average molecular weight is 476 g/mol. The molecule has 35 heavy (non-hydrogen) atoms. The number of benzene rings is 2. The van der Waals surface area contributed by atoms with Crippen LogP contribution in [-0.2, 0) is 6.61 Å². The number of carbonyl (C=O) groups excluding carboxylic acids is 1. The summed E-state index contributed by atoms with van der Waals surface area (Å²) in [4.78, 5) is 18.0. The fraction of sp³-hybridized carbons (Fsp3) is 0.214. The number of nitrogens with zero attached hydrogens (tertiary/aromatic N) is 2. The lowest BCUT2D eigenvalue weighted by molar-refractivity contribution is 0.0968. The average Bonchev–Trinajstić information content (AvgIpc) is 3.17. The van der Waals surface area contributed by atoms with Gasteiger partial charge in [0, 0.05) is 18.5 Å². The first kappa shape index (κ1) is 24.3. The SMILES string of the molecule is C=Cc1cccc(C(CN)CC(=O)c2c(C)nc3c(OCc4c(F)cccc4F)cc(C)cn23)c1. The number of ketones is 1. The van der Waals surface area contributed by atoms with Crippen molar-refractivity contribution >= 4 is 17.5 Å². The fourth-order valence-corrected chi connectivity index (χ4v) is 4.22. The van der Waals surface area contributed by atoms with Gasteiger partial charge in [-0.3, -0.25) is 9.20 Å². The van der Waals surface area contributed by atoms with Gasteiger partial charge in [0.2, 0.25) is 0 Å². The van der Waals surface area contributed by atoms with Crippen LogP contribution >= 0.6 is 0 Å². The van der Waals surface area contributed by atoms with Crippen LogP contribution in [0.4, 0.5) is 8.78 Å². The third-order valence-electron chi connectivity index (χ3n) is 6.03. The van der Waals surface area contributed by atoms with E-state index >= 15 is 0 Å². The molecule has 0 spiro atoms. The van der Waals surface area contributed by atoms with Crippen LogP contribution in [0.15, 0.2) is 61.3 Å². The highest BCUT2D eigenvalue weighted by molar-refractivity contribution is 5.97. The van der Waals surface area contributed by atoms with Gasteiger partial charge in [-0.25, -0.2) is 13.8 Å². The predicted molar refractivity (Wildman–Crippen MR) is 133 cm³/mol. The quantitative estimate of drug-likeness (QED) is 0.312. The molecule has 0 aliphatic rings. The summed E-state index contributed by atoms with van der Waals surface area (Å²) in [7, 11) is 0. The Hall–Kier alpha value is -3.84. The first-order chi connectivity index (χ1) is 16.8. The van der Waals surface area contributed by atoms with Gasteiger partial charge >= 0.3 is 0 Å². The van der Waals surface area contributed by atoms with Crippen LogP contribution in [0.5, 0.6) is 5.75 Å². The molecule has 0 bridgehead atoms. The maximum absolute atomic E-state index is 14.1. The molecule has 4 rings (SSSR count). The number of rotatable bonds is 9. The highest BCUT2D eigenvalue weighted by atomic mass is 19.1. The van der Waals surface area contributed by atoms with E-state index < -0.39 is 11.6 Å². The van der Waals surface area contributed by atoms with Crippen molar-refractivity contribution in [3.05, 3.63) is 107 Å². The molecule has 0 aliphatic heterocycles. The number of carbonyl (C=O) groups is 1. The summed E-state index contributed by atoms with van der Waals surface area (Å²) in [6.45, 7) is 7.41. The molecule has 4 aromatic rings. The largest absolute Gasteiger partial charge is 0.485 e. The Morgan fingerprint density at radius 1 is 1.17 bits per heavy atom. The van der Waals surface area contributed by atoms with Crippen LogP contribution in [0.2, 0.25) is 0 Å². The molecule has 1 unspecified atom stereocenters. The number of fused-ring (bicyclic) bond motifs is 1. The lowest BCUT2D eigenvalue weighted by Crippen LogP contribution is -2.18. The summed E-state index contributed by atoms with van der Waals surface area (Å²) < 4.78 is 35.6. The van der Waals surface area contributed by atoms with E-state index in [1.54, 1.807) is 29.7 Å². The van der Waals surface area contributed by atoms with Gasteiger partial charge < -0.3 is 10.5 Å². The molecule has 2 aromatic carbocycles. The van der Waals surface area contributed by atoms with Crippen LogP contribution < -0.4 is 10.5 Å². The number of halogens is 2. The Balaban J connectivity index is 1.65. The van der Waals surface area contributed by atoms with Crippen molar-refractivity contribution in [2.45, 2.75) is 32.8 Å². The maximum Gasteiger partial charge on any atom is 0.182 e. The smallest absolute Gasteiger partial charge is 0.182 e. The van der Waals surface area contributed by atoms with E-state index in [0.29, 0.717) is 29.3 Å². The van der Waals surface area contributed by atoms with Gasteiger partial charge in [0.25, 0.3) is 0 Å². The van der Waals surface area contributed by atoms with Crippen molar-refractivity contribution in [3.63, 3.8) is 0 Å². The summed E-state index contributed by atoms with van der Waals surface area (Å²) in [5.74, 6) is -1.30. The van der Waals surface area contributed by atoms with Crippen LogP contribution in [0.3, 0.4) is 0 Å². The van der Waals surface area contributed by atoms with Gasteiger partial charge in [0.05, 0.1) is 11.3 Å². The molecule has 0 saturated carbocycles. The molecule has 0 saturated heterocycles. The van der Waals surface area contributed by atoms with Gasteiger partial charge in [-0.05, 0) is 55.3 Å². The fourth-order valence-electron chi connectivity index (χ4n) is 4.22. The van der Waals surface area contributed by atoms with Crippen LogP contribution in [-0.4, -0.2) is 21.7 Å². The molecule has 0 radical (unpaired) electrons. The Bertz CT molecular complexity index is 1390. The second-order valence-electron chi connectivity index (χ2n) is 8.54. The predicted octanol–water partition coefficient (Wildman–Crippen LogP) is 5.77. The van der Waals surface area contributed by atoms with Crippen molar-refractivity contribution in [2.24, 2.45) is 5.73 Å². The Kier molecular flexibility index (Phi) is 7.07. The number of Topliss-reactive ketones (excluding diaryl/α,β-unsaturated/α-hetero) is 1. The zero-order valence-corrected chi connectivity index (χ0v) is 19.7. The highest BCUT2D eigenvalue weighted by Gasteiger charge is 2.23. The number of nitrogens with two attached hydrogens (primary N) is 1. The molecule has 5 nitrogen and oxygen atoms in total. The number of aromatic nitrogens is 2. The zero-order chi connectivity index (χ0) is 25.1. The molecule has 7 heteroatoms. The molecule has 2 N–H and O–H groups in total. The molecule has 2 aromatic heterocycles. The number of aryl methyl sites for hydroxylation is 2. The normalized spacial score (nSPS) is 12.0. The summed E-state index contributed by atoms with van der Waals surface area (Å²) in [5.41, 5.74) is 9.99. The van der Waals surface area contributed by atoms with E-state index in [2.05, 4.69) is 11.6 Å². The monoisotopic (exact) mass is 475 g/mol. The van der Waals surface area contributed by atoms with Gasteiger partial charge in [-0.15, -0.1) is 0 Å². The molecule has 2 heterocycles. The van der Waals surface area contributed by atoms with Crippen molar-refractivity contribution in [1.82, 2.24) is 9.38 Å². The van der Waals surface area contributed by atoms with E-state index in [-0.39, 0.29) is 30.3 Å². The summed E-state index contributed by atoms with van der Waals surface area (Å²) in [5, 5.41) is 0. The lowest BCUT2D eigenvalue weighted by Gasteiger charge is -2.16. The third-order valence-corrected chi connectivity index (χ3v) is 6.03. The minimum atomic E-state index is -0.683. The third kappa shape index (κ3) is 5.00. The summed E-state index contributed by atoms with van der Waals surface area (Å²) in [6.07, 6.45) is 3.76. The number of ether oxygens (including phenoxy) is 1. The van der Waals surface area contributed by atoms with E-state index in [4.69, 9.17) is 10.5 Å².